The van der Waals surface area contributed by atoms with E-state index < -0.39 is 6.10 Å². The number of aliphatic hydroxyl groups is 1. The number of rotatable bonds is 6. The standard InChI is InChI=1S/C9H18N2O2/c1-2-8(12)5-11-9(13)6-10-7-3-4-7/h7-8,10,12H,2-6H2,1H3,(H,11,13). The molecule has 1 saturated carbocycles. The Morgan fingerprint density at radius 3 is 2.85 bits per heavy atom. The lowest BCUT2D eigenvalue weighted by Gasteiger charge is -2.09. The third kappa shape index (κ3) is 4.85. The number of aliphatic hydroxyl groups excluding tert-OH is 1. The SMILES string of the molecule is CCC(O)CNC(=O)CNC1CC1. The fraction of sp³-hybridized carbons (Fsp3) is 0.889. The van der Waals surface area contributed by atoms with Crippen LogP contribution in [0.5, 0.6) is 0 Å². The molecule has 0 aromatic heterocycles. The summed E-state index contributed by atoms with van der Waals surface area (Å²) in [5, 5.41) is 14.9. The van der Waals surface area contributed by atoms with Crippen LogP contribution in [0.15, 0.2) is 0 Å². The molecule has 3 N–H and O–H groups in total. The Morgan fingerprint density at radius 1 is 1.62 bits per heavy atom. The summed E-state index contributed by atoms with van der Waals surface area (Å²) in [5.41, 5.74) is 0. The van der Waals surface area contributed by atoms with Crippen LogP contribution in [0.2, 0.25) is 0 Å². The minimum atomic E-state index is -0.412. The zero-order chi connectivity index (χ0) is 9.68. The minimum Gasteiger partial charge on any atom is -0.391 e. The van der Waals surface area contributed by atoms with Crippen LogP contribution in [0.1, 0.15) is 26.2 Å². The summed E-state index contributed by atoms with van der Waals surface area (Å²) in [4.78, 5) is 11.1. The predicted octanol–water partition coefficient (Wildman–Crippen LogP) is -0.374. The lowest BCUT2D eigenvalue weighted by atomic mass is 10.3. The highest BCUT2D eigenvalue weighted by molar-refractivity contribution is 5.78. The molecule has 0 aromatic rings. The Kier molecular flexibility index (Phi) is 4.18. The molecule has 1 rings (SSSR count). The van der Waals surface area contributed by atoms with Crippen molar-refractivity contribution in [3.8, 4) is 0 Å². The number of carbonyl (C=O) groups is 1. The van der Waals surface area contributed by atoms with E-state index in [9.17, 15) is 4.79 Å². The van der Waals surface area contributed by atoms with Gasteiger partial charge in [-0.3, -0.25) is 4.79 Å². The first-order valence-corrected chi connectivity index (χ1v) is 4.90. The van der Waals surface area contributed by atoms with Crippen LogP contribution < -0.4 is 10.6 Å². The highest BCUT2D eigenvalue weighted by atomic mass is 16.3. The van der Waals surface area contributed by atoms with Gasteiger partial charge in [0.25, 0.3) is 0 Å². The van der Waals surface area contributed by atoms with Crippen LogP contribution in [0.3, 0.4) is 0 Å². The first-order chi connectivity index (χ1) is 6.22. The third-order valence-electron chi connectivity index (χ3n) is 2.13. The lowest BCUT2D eigenvalue weighted by Crippen LogP contribution is -2.38. The molecule has 0 aromatic carbocycles. The van der Waals surface area contributed by atoms with E-state index in [1.807, 2.05) is 6.92 Å². The van der Waals surface area contributed by atoms with E-state index in [1.54, 1.807) is 0 Å². The second kappa shape index (κ2) is 5.19. The Hall–Kier alpha value is -0.610. The second-order valence-electron chi connectivity index (χ2n) is 3.52. The van der Waals surface area contributed by atoms with Crippen LogP contribution in [0, 0.1) is 0 Å². The van der Waals surface area contributed by atoms with Gasteiger partial charge in [-0.15, -0.1) is 0 Å². The number of amides is 1. The molecule has 1 atom stereocenters. The smallest absolute Gasteiger partial charge is 0.234 e. The number of carbonyl (C=O) groups excluding carboxylic acids is 1. The van der Waals surface area contributed by atoms with E-state index in [0.29, 0.717) is 25.6 Å². The topological polar surface area (TPSA) is 61.4 Å². The summed E-state index contributed by atoms with van der Waals surface area (Å²) in [6.45, 7) is 2.63. The molecule has 0 radical (unpaired) electrons. The molecular formula is C9H18N2O2. The first kappa shape index (κ1) is 10.5. The molecule has 1 amide bonds. The summed E-state index contributed by atoms with van der Waals surface area (Å²) in [6, 6.07) is 0.557. The van der Waals surface area contributed by atoms with Gasteiger partial charge in [-0.05, 0) is 19.3 Å². The van der Waals surface area contributed by atoms with Gasteiger partial charge < -0.3 is 15.7 Å². The van der Waals surface area contributed by atoms with Gasteiger partial charge in [0.15, 0.2) is 0 Å². The average Bonchev–Trinajstić information content (AvgIpc) is 2.94. The molecule has 0 saturated heterocycles. The normalized spacial score (nSPS) is 18.3. The zero-order valence-corrected chi connectivity index (χ0v) is 8.05. The number of hydrogen-bond donors (Lipinski definition) is 3. The molecule has 13 heavy (non-hydrogen) atoms. The second-order valence-corrected chi connectivity index (χ2v) is 3.52. The van der Waals surface area contributed by atoms with E-state index in [1.165, 1.54) is 12.8 Å². The van der Waals surface area contributed by atoms with E-state index in [4.69, 9.17) is 5.11 Å². The highest BCUT2D eigenvalue weighted by Crippen LogP contribution is 2.17. The summed E-state index contributed by atoms with van der Waals surface area (Å²) >= 11 is 0. The van der Waals surface area contributed by atoms with Crippen LogP contribution in [0.4, 0.5) is 0 Å². The van der Waals surface area contributed by atoms with Crippen LogP contribution >= 0.6 is 0 Å². The largest absolute Gasteiger partial charge is 0.391 e. The van der Waals surface area contributed by atoms with Crippen molar-refractivity contribution in [2.75, 3.05) is 13.1 Å². The molecule has 1 fully saturated rings. The first-order valence-electron chi connectivity index (χ1n) is 4.90. The summed E-state index contributed by atoms with van der Waals surface area (Å²) < 4.78 is 0. The van der Waals surface area contributed by atoms with Gasteiger partial charge in [-0.25, -0.2) is 0 Å². The van der Waals surface area contributed by atoms with Gasteiger partial charge in [0.05, 0.1) is 12.6 Å². The van der Waals surface area contributed by atoms with Crippen molar-refractivity contribution in [2.24, 2.45) is 0 Å². The van der Waals surface area contributed by atoms with Crippen LogP contribution in [-0.2, 0) is 4.79 Å². The minimum absolute atomic E-state index is 0.0283. The van der Waals surface area contributed by atoms with Crippen molar-refractivity contribution >= 4 is 5.91 Å². The van der Waals surface area contributed by atoms with Crippen LogP contribution in [-0.4, -0.2) is 36.2 Å². The fourth-order valence-corrected chi connectivity index (χ4v) is 0.963. The predicted molar refractivity (Wildman–Crippen MR) is 50.3 cm³/mol. The highest BCUT2D eigenvalue weighted by Gasteiger charge is 2.20. The molecule has 1 aliphatic carbocycles. The van der Waals surface area contributed by atoms with Crippen molar-refractivity contribution in [3.63, 3.8) is 0 Å². The summed E-state index contributed by atoms with van der Waals surface area (Å²) in [5.74, 6) is -0.0283. The molecule has 1 unspecified atom stereocenters. The van der Waals surface area contributed by atoms with Gasteiger partial charge in [0.2, 0.25) is 5.91 Å². The Morgan fingerprint density at radius 2 is 2.31 bits per heavy atom. The molecule has 0 heterocycles. The van der Waals surface area contributed by atoms with Crippen molar-refractivity contribution in [2.45, 2.75) is 38.3 Å². The van der Waals surface area contributed by atoms with Crippen molar-refractivity contribution in [3.05, 3.63) is 0 Å². The molecule has 0 bridgehead atoms. The molecule has 4 heteroatoms. The maximum absolute atomic E-state index is 11.1. The molecule has 1 aliphatic rings. The zero-order valence-electron chi connectivity index (χ0n) is 8.05. The summed E-state index contributed by atoms with van der Waals surface area (Å²) in [6.07, 6.45) is 2.64. The third-order valence-corrected chi connectivity index (χ3v) is 2.13. The van der Waals surface area contributed by atoms with E-state index in [0.717, 1.165) is 0 Å². The number of hydrogen-bond acceptors (Lipinski definition) is 3. The Balaban J connectivity index is 1.96. The van der Waals surface area contributed by atoms with Crippen LogP contribution in [0.25, 0.3) is 0 Å². The van der Waals surface area contributed by atoms with E-state index in [-0.39, 0.29) is 5.91 Å². The lowest BCUT2D eigenvalue weighted by molar-refractivity contribution is -0.120. The molecular weight excluding hydrogens is 168 g/mol. The molecule has 76 valence electrons. The van der Waals surface area contributed by atoms with Gasteiger partial charge in [-0.2, -0.15) is 0 Å². The van der Waals surface area contributed by atoms with Gasteiger partial charge >= 0.3 is 0 Å². The summed E-state index contributed by atoms with van der Waals surface area (Å²) in [7, 11) is 0. The van der Waals surface area contributed by atoms with Crippen molar-refractivity contribution < 1.29 is 9.90 Å². The monoisotopic (exact) mass is 186 g/mol. The Labute approximate surface area is 78.7 Å². The quantitative estimate of drug-likeness (QED) is 0.530. The average molecular weight is 186 g/mol. The molecule has 0 spiro atoms. The Bertz CT molecular complexity index is 169. The van der Waals surface area contributed by atoms with E-state index in [2.05, 4.69) is 10.6 Å². The maximum Gasteiger partial charge on any atom is 0.234 e. The molecule has 4 nitrogen and oxygen atoms in total. The van der Waals surface area contributed by atoms with Crippen molar-refractivity contribution in [1.82, 2.24) is 10.6 Å². The number of nitrogens with one attached hydrogen (secondary N) is 2. The van der Waals surface area contributed by atoms with Crippen molar-refractivity contribution in [1.29, 1.82) is 0 Å². The fourth-order valence-electron chi connectivity index (χ4n) is 0.963. The van der Waals surface area contributed by atoms with Gasteiger partial charge in [0.1, 0.15) is 0 Å². The van der Waals surface area contributed by atoms with Gasteiger partial charge in [0, 0.05) is 12.6 Å². The van der Waals surface area contributed by atoms with E-state index >= 15 is 0 Å². The van der Waals surface area contributed by atoms with Gasteiger partial charge in [-0.1, -0.05) is 6.92 Å². The molecule has 0 aliphatic heterocycles. The maximum atomic E-state index is 11.1.